The quantitative estimate of drug-likeness (QED) is 0.745. The lowest BCUT2D eigenvalue weighted by Crippen LogP contribution is -2.13. The van der Waals surface area contributed by atoms with Crippen molar-refractivity contribution >= 4 is 34.1 Å². The van der Waals surface area contributed by atoms with Crippen molar-refractivity contribution in [3.05, 3.63) is 11.6 Å². The molecule has 1 N–H and O–H groups in total. The van der Waals surface area contributed by atoms with E-state index in [1.807, 2.05) is 5.40 Å². The molecule has 6 heteroatoms. The Hall–Kier alpha value is -1.06. The van der Waals surface area contributed by atoms with Crippen molar-refractivity contribution in [2.24, 2.45) is 0 Å². The van der Waals surface area contributed by atoms with Crippen LogP contribution in [0.1, 0.15) is 0 Å². The molecule has 1 heterocycles. The molecule has 0 saturated heterocycles. The van der Waals surface area contributed by atoms with E-state index in [0.29, 0.717) is 5.13 Å². The Labute approximate surface area is 77.6 Å². The fourth-order valence-corrected chi connectivity index (χ4v) is 1.35. The molecule has 0 aromatic carbocycles. The molecule has 1 rings (SSSR count). The second kappa shape index (κ2) is 4.74. The van der Waals surface area contributed by atoms with Crippen LogP contribution < -0.4 is 5.32 Å². The lowest BCUT2D eigenvalue weighted by Gasteiger charge is -1.95. The lowest BCUT2D eigenvalue weighted by molar-refractivity contribution is -0.113. The predicted molar refractivity (Wildman–Crippen MR) is 48.8 cm³/mol. The summed E-state index contributed by atoms with van der Waals surface area (Å²) in [6.45, 7) is 0. The number of amides is 1. The van der Waals surface area contributed by atoms with Crippen molar-refractivity contribution in [2.75, 3.05) is 11.1 Å². The molecule has 1 aromatic heterocycles. The van der Waals surface area contributed by atoms with Crippen molar-refractivity contribution < 1.29 is 4.79 Å². The minimum atomic E-state index is -0.198. The van der Waals surface area contributed by atoms with Crippen LogP contribution in [0.15, 0.2) is 11.6 Å². The van der Waals surface area contributed by atoms with Crippen LogP contribution in [0.5, 0.6) is 0 Å². The number of nitrogens with one attached hydrogen (secondary N) is 1. The zero-order valence-electron chi connectivity index (χ0n) is 5.98. The summed E-state index contributed by atoms with van der Waals surface area (Å²) in [7, 11) is 0. The average Bonchev–Trinajstić information content (AvgIpc) is 2.53. The molecular formula is C6H5N3OS2. The number of aromatic nitrogens is 1. The van der Waals surface area contributed by atoms with Crippen LogP contribution in [0.4, 0.5) is 5.13 Å². The highest BCUT2D eigenvalue weighted by Crippen LogP contribution is 2.10. The molecule has 62 valence electrons. The molecule has 0 aliphatic carbocycles. The van der Waals surface area contributed by atoms with Crippen molar-refractivity contribution in [3.63, 3.8) is 0 Å². The van der Waals surface area contributed by atoms with Crippen molar-refractivity contribution in [1.29, 1.82) is 5.26 Å². The Morgan fingerprint density at radius 3 is 3.33 bits per heavy atom. The van der Waals surface area contributed by atoms with Gasteiger partial charge in [0.15, 0.2) is 5.13 Å². The Morgan fingerprint density at radius 2 is 2.75 bits per heavy atom. The first kappa shape index (κ1) is 9.03. The number of carbonyl (C=O) groups excluding carboxylic acids is 1. The Morgan fingerprint density at radius 1 is 1.92 bits per heavy atom. The minimum absolute atomic E-state index is 0.149. The number of thiocyanates is 1. The smallest absolute Gasteiger partial charge is 0.237 e. The molecular weight excluding hydrogens is 194 g/mol. The first-order valence-corrected chi connectivity index (χ1v) is 4.89. The molecule has 0 aliphatic heterocycles. The molecule has 0 aliphatic rings. The predicted octanol–water partition coefficient (Wildman–Crippen LogP) is 1.30. The standard InChI is InChI=1S/C6H5N3OS2/c7-4-11-3-5(10)9-6-8-1-2-12-6/h1-2H,3H2,(H,8,9,10). The number of hydrogen-bond donors (Lipinski definition) is 1. The van der Waals surface area contributed by atoms with Crippen LogP contribution in [0, 0.1) is 10.7 Å². The Balaban J connectivity index is 2.33. The van der Waals surface area contributed by atoms with Gasteiger partial charge >= 0.3 is 0 Å². The van der Waals surface area contributed by atoms with Gasteiger partial charge in [0.2, 0.25) is 5.91 Å². The third-order valence-corrected chi connectivity index (χ3v) is 2.17. The second-order valence-electron chi connectivity index (χ2n) is 1.77. The topological polar surface area (TPSA) is 65.8 Å². The molecule has 0 spiro atoms. The Kier molecular flexibility index (Phi) is 3.57. The van der Waals surface area contributed by atoms with Crippen molar-refractivity contribution in [3.8, 4) is 5.40 Å². The van der Waals surface area contributed by atoms with Crippen LogP contribution in [0.2, 0.25) is 0 Å². The summed E-state index contributed by atoms with van der Waals surface area (Å²) in [4.78, 5) is 14.8. The van der Waals surface area contributed by atoms with E-state index in [9.17, 15) is 4.79 Å². The van der Waals surface area contributed by atoms with Crippen LogP contribution in [0.3, 0.4) is 0 Å². The molecule has 12 heavy (non-hydrogen) atoms. The SMILES string of the molecule is N#CSCC(=O)Nc1nccs1. The largest absolute Gasteiger partial charge is 0.301 e. The van der Waals surface area contributed by atoms with Crippen molar-refractivity contribution in [1.82, 2.24) is 4.98 Å². The van der Waals surface area contributed by atoms with Gasteiger partial charge in [-0.1, -0.05) is 0 Å². The highest BCUT2D eigenvalue weighted by molar-refractivity contribution is 8.04. The second-order valence-corrected chi connectivity index (χ2v) is 3.42. The third-order valence-electron chi connectivity index (χ3n) is 0.946. The van der Waals surface area contributed by atoms with Gasteiger partial charge in [-0.05, 0) is 11.8 Å². The Bertz CT molecular complexity index is 290. The van der Waals surface area contributed by atoms with Crippen LogP contribution in [0.25, 0.3) is 0 Å². The number of thioether (sulfide) groups is 1. The van der Waals surface area contributed by atoms with Crippen LogP contribution >= 0.6 is 23.1 Å². The zero-order valence-corrected chi connectivity index (χ0v) is 7.61. The molecule has 0 unspecified atom stereocenters. The monoisotopic (exact) mass is 199 g/mol. The van der Waals surface area contributed by atoms with E-state index in [1.54, 1.807) is 11.6 Å². The number of carbonyl (C=O) groups is 1. The van der Waals surface area contributed by atoms with Gasteiger partial charge in [0.25, 0.3) is 0 Å². The van der Waals surface area contributed by atoms with E-state index in [0.717, 1.165) is 11.8 Å². The number of thiazole rings is 1. The molecule has 1 amide bonds. The maximum Gasteiger partial charge on any atom is 0.237 e. The fraction of sp³-hybridized carbons (Fsp3) is 0.167. The van der Waals surface area contributed by atoms with Gasteiger partial charge in [0.05, 0.1) is 5.75 Å². The number of anilines is 1. The summed E-state index contributed by atoms with van der Waals surface area (Å²) in [5, 5.41) is 14.9. The zero-order chi connectivity index (χ0) is 8.81. The van der Waals surface area contributed by atoms with Gasteiger partial charge in [0.1, 0.15) is 5.40 Å². The molecule has 0 saturated carbocycles. The van der Waals surface area contributed by atoms with E-state index in [-0.39, 0.29) is 11.7 Å². The first-order valence-electron chi connectivity index (χ1n) is 3.03. The highest BCUT2D eigenvalue weighted by atomic mass is 32.2. The molecule has 0 bridgehead atoms. The summed E-state index contributed by atoms with van der Waals surface area (Å²) in [5.74, 6) is -0.0488. The molecule has 4 nitrogen and oxygen atoms in total. The van der Waals surface area contributed by atoms with E-state index in [4.69, 9.17) is 5.26 Å². The summed E-state index contributed by atoms with van der Waals surface area (Å²) in [6.07, 6.45) is 1.61. The maximum atomic E-state index is 11.0. The van der Waals surface area contributed by atoms with Crippen molar-refractivity contribution in [2.45, 2.75) is 0 Å². The van der Waals surface area contributed by atoms with Gasteiger partial charge in [0, 0.05) is 11.6 Å². The number of nitriles is 1. The molecule has 1 aromatic rings. The normalized spacial score (nSPS) is 8.92. The van der Waals surface area contributed by atoms with Crippen LogP contribution in [-0.4, -0.2) is 16.6 Å². The summed E-state index contributed by atoms with van der Waals surface area (Å²) in [5.41, 5.74) is 0. The lowest BCUT2D eigenvalue weighted by atomic mass is 10.7. The first-order chi connectivity index (χ1) is 5.83. The molecule has 0 atom stereocenters. The number of hydrogen-bond acceptors (Lipinski definition) is 5. The van der Waals surface area contributed by atoms with E-state index >= 15 is 0 Å². The molecule has 0 radical (unpaired) electrons. The summed E-state index contributed by atoms with van der Waals surface area (Å²) in [6, 6.07) is 0. The fourth-order valence-electron chi connectivity index (χ4n) is 0.538. The van der Waals surface area contributed by atoms with E-state index in [1.165, 1.54) is 11.3 Å². The minimum Gasteiger partial charge on any atom is -0.301 e. The average molecular weight is 199 g/mol. The van der Waals surface area contributed by atoms with E-state index in [2.05, 4.69) is 10.3 Å². The summed E-state index contributed by atoms with van der Waals surface area (Å²) >= 11 is 2.26. The molecule has 0 fully saturated rings. The summed E-state index contributed by atoms with van der Waals surface area (Å²) < 4.78 is 0. The number of nitrogens with zero attached hydrogens (tertiary/aromatic N) is 2. The highest BCUT2D eigenvalue weighted by Gasteiger charge is 2.02. The van der Waals surface area contributed by atoms with Crippen LogP contribution in [-0.2, 0) is 4.79 Å². The third kappa shape index (κ3) is 2.90. The van der Waals surface area contributed by atoms with Gasteiger partial charge in [-0.15, -0.1) is 11.3 Å². The van der Waals surface area contributed by atoms with Gasteiger partial charge in [-0.3, -0.25) is 4.79 Å². The van der Waals surface area contributed by atoms with Gasteiger partial charge < -0.3 is 5.32 Å². The number of rotatable bonds is 3. The maximum absolute atomic E-state index is 11.0. The van der Waals surface area contributed by atoms with Gasteiger partial charge in [-0.2, -0.15) is 5.26 Å². The van der Waals surface area contributed by atoms with E-state index < -0.39 is 0 Å². The van der Waals surface area contributed by atoms with Gasteiger partial charge in [-0.25, -0.2) is 4.98 Å².